The third-order valence-electron chi connectivity index (χ3n) is 9.21. The highest BCUT2D eigenvalue weighted by molar-refractivity contribution is 5.79. The zero-order valence-corrected chi connectivity index (χ0v) is 27.0. The van der Waals surface area contributed by atoms with Crippen molar-refractivity contribution in [3.63, 3.8) is 0 Å². The average Bonchev–Trinajstić information content (AvgIpc) is 2.87. The van der Waals surface area contributed by atoms with E-state index in [2.05, 4.69) is 55.4 Å². The number of unbranched alkanes of at least 4 members (excludes halogenated alkanes) is 1. The van der Waals surface area contributed by atoms with Gasteiger partial charge in [-0.25, -0.2) is 4.79 Å². The summed E-state index contributed by atoms with van der Waals surface area (Å²) in [5.74, 6) is 3.83. The molecule has 0 bridgehead atoms. The van der Waals surface area contributed by atoms with Crippen LogP contribution in [-0.4, -0.2) is 17.6 Å². The highest BCUT2D eigenvalue weighted by Crippen LogP contribution is 2.45. The molecule has 2 rings (SSSR count). The van der Waals surface area contributed by atoms with E-state index in [1.165, 1.54) is 56.9 Å². The average molecular weight is 544 g/mol. The molecule has 0 fully saturated rings. The van der Waals surface area contributed by atoms with E-state index in [1.807, 2.05) is 6.92 Å². The van der Waals surface area contributed by atoms with Gasteiger partial charge >= 0.3 is 5.97 Å². The van der Waals surface area contributed by atoms with Crippen LogP contribution in [-0.2, 0) is 11.2 Å². The molecule has 0 saturated carbocycles. The summed E-state index contributed by atoms with van der Waals surface area (Å²) in [6.45, 7) is 20.1. The molecule has 2 N–H and O–H groups in total. The number of carbonyl (C=O) groups is 1. The molecule has 1 aromatic carbocycles. The van der Waals surface area contributed by atoms with Gasteiger partial charge in [0.25, 0.3) is 0 Å². The molecule has 4 nitrogen and oxygen atoms in total. The number of ether oxygens (including phenoxy) is 2. The van der Waals surface area contributed by atoms with Gasteiger partial charge in [-0.15, -0.1) is 0 Å². The number of fused-ring (bicyclic) bond motifs is 1. The monoisotopic (exact) mass is 543 g/mol. The van der Waals surface area contributed by atoms with Crippen molar-refractivity contribution >= 4 is 5.97 Å². The van der Waals surface area contributed by atoms with E-state index in [9.17, 15) is 4.79 Å². The first-order valence-electron chi connectivity index (χ1n) is 16.2. The van der Waals surface area contributed by atoms with Crippen LogP contribution in [0.2, 0.25) is 0 Å². The van der Waals surface area contributed by atoms with Crippen molar-refractivity contribution in [2.24, 2.45) is 23.5 Å². The lowest BCUT2D eigenvalue weighted by Gasteiger charge is -2.38. The van der Waals surface area contributed by atoms with Crippen molar-refractivity contribution in [1.29, 1.82) is 0 Å². The first-order valence-corrected chi connectivity index (χ1v) is 16.2. The number of carbonyl (C=O) groups excluding carboxylic acids is 1. The molecule has 1 aliphatic heterocycles. The van der Waals surface area contributed by atoms with Crippen molar-refractivity contribution in [2.75, 3.05) is 0 Å². The van der Waals surface area contributed by atoms with Crippen LogP contribution in [0, 0.1) is 38.5 Å². The van der Waals surface area contributed by atoms with Crippen LogP contribution in [0.25, 0.3) is 0 Å². The number of hydrogen-bond acceptors (Lipinski definition) is 4. The zero-order valence-electron chi connectivity index (χ0n) is 27.0. The van der Waals surface area contributed by atoms with Crippen LogP contribution in [0.4, 0.5) is 0 Å². The normalized spacial score (nSPS) is 19.4. The molecule has 39 heavy (non-hydrogen) atoms. The largest absolute Gasteiger partial charge is 0.487 e. The van der Waals surface area contributed by atoms with Crippen molar-refractivity contribution in [3.8, 4) is 11.5 Å². The van der Waals surface area contributed by atoms with E-state index in [1.54, 1.807) is 0 Å². The molecule has 4 atom stereocenters. The quantitative estimate of drug-likeness (QED) is 0.157. The van der Waals surface area contributed by atoms with Crippen molar-refractivity contribution < 1.29 is 14.3 Å². The summed E-state index contributed by atoms with van der Waals surface area (Å²) in [4.78, 5) is 12.7. The van der Waals surface area contributed by atoms with Gasteiger partial charge in [0.2, 0.25) is 0 Å². The molecule has 0 saturated heterocycles. The third-order valence-corrected chi connectivity index (χ3v) is 9.21. The molecule has 0 amide bonds. The molecular weight excluding hydrogens is 482 g/mol. The molecule has 1 aliphatic rings. The summed E-state index contributed by atoms with van der Waals surface area (Å²) in [5.41, 5.74) is 10.2. The maximum atomic E-state index is 12.7. The third kappa shape index (κ3) is 10.4. The van der Waals surface area contributed by atoms with Crippen LogP contribution >= 0.6 is 0 Å². The summed E-state index contributed by atoms with van der Waals surface area (Å²) in [5, 5.41) is 0. The fourth-order valence-electron chi connectivity index (χ4n) is 6.13. The van der Waals surface area contributed by atoms with Crippen LogP contribution in [0.5, 0.6) is 11.5 Å². The molecule has 1 heterocycles. The molecule has 4 unspecified atom stereocenters. The Morgan fingerprint density at radius 2 is 1.46 bits per heavy atom. The molecular formula is C35H61NO3. The van der Waals surface area contributed by atoms with Crippen molar-refractivity contribution in [1.82, 2.24) is 0 Å². The second-order valence-electron chi connectivity index (χ2n) is 13.6. The SMILES string of the molecule is CCCCC(N)C(=O)Oc1c(C)c(C)c2c(c1C)CCC(C)(CCCC(C)CCCC(C)CCCC(C)C)O2. The van der Waals surface area contributed by atoms with Gasteiger partial charge in [0.1, 0.15) is 23.1 Å². The van der Waals surface area contributed by atoms with Gasteiger partial charge in [0, 0.05) is 5.56 Å². The Bertz CT molecular complexity index is 908. The zero-order chi connectivity index (χ0) is 29.2. The van der Waals surface area contributed by atoms with Crippen LogP contribution in [0.3, 0.4) is 0 Å². The Hall–Kier alpha value is -1.55. The molecule has 224 valence electrons. The topological polar surface area (TPSA) is 61.6 Å². The molecule has 0 aromatic heterocycles. The van der Waals surface area contributed by atoms with E-state index >= 15 is 0 Å². The summed E-state index contributed by atoms with van der Waals surface area (Å²) in [6, 6.07) is -0.569. The van der Waals surface area contributed by atoms with Gasteiger partial charge in [-0.2, -0.15) is 0 Å². The van der Waals surface area contributed by atoms with Crippen molar-refractivity contribution in [2.45, 2.75) is 164 Å². The Morgan fingerprint density at radius 3 is 2.05 bits per heavy atom. The Morgan fingerprint density at radius 1 is 0.872 bits per heavy atom. The molecule has 0 aliphatic carbocycles. The highest BCUT2D eigenvalue weighted by atomic mass is 16.5. The minimum absolute atomic E-state index is 0.137. The summed E-state index contributed by atoms with van der Waals surface area (Å²) in [6.07, 6.45) is 16.3. The van der Waals surface area contributed by atoms with Crippen LogP contribution in [0.15, 0.2) is 0 Å². The molecule has 4 heteroatoms. The van der Waals surface area contributed by atoms with Crippen molar-refractivity contribution in [3.05, 3.63) is 22.3 Å². The maximum absolute atomic E-state index is 12.7. The lowest BCUT2D eigenvalue weighted by molar-refractivity contribution is -0.136. The lowest BCUT2D eigenvalue weighted by atomic mass is 9.83. The predicted molar refractivity (Wildman–Crippen MR) is 166 cm³/mol. The maximum Gasteiger partial charge on any atom is 0.328 e. The number of esters is 1. The fourth-order valence-corrected chi connectivity index (χ4v) is 6.13. The fraction of sp³-hybridized carbons (Fsp3) is 0.800. The lowest BCUT2D eigenvalue weighted by Crippen LogP contribution is -2.37. The first kappa shape index (κ1) is 33.7. The van der Waals surface area contributed by atoms with Gasteiger partial charge in [-0.05, 0) is 94.2 Å². The summed E-state index contributed by atoms with van der Waals surface area (Å²) >= 11 is 0. The first-order chi connectivity index (χ1) is 18.4. The second-order valence-corrected chi connectivity index (χ2v) is 13.6. The summed E-state index contributed by atoms with van der Waals surface area (Å²) < 4.78 is 12.6. The molecule has 1 aromatic rings. The Kier molecular flexibility index (Phi) is 13.8. The van der Waals surface area contributed by atoms with Gasteiger partial charge in [0.15, 0.2) is 0 Å². The van der Waals surface area contributed by atoms with Gasteiger partial charge in [-0.3, -0.25) is 0 Å². The van der Waals surface area contributed by atoms with E-state index in [-0.39, 0.29) is 11.6 Å². The standard InChI is InChI=1S/C35H61NO3/c1-10-11-20-31(36)34(37)38-32-27(6)28(7)33-30(29(32)8)21-23-35(9,39-33)22-14-19-26(5)18-13-17-25(4)16-12-15-24(2)3/h24-26,31H,10-23,36H2,1-9H3. The summed E-state index contributed by atoms with van der Waals surface area (Å²) in [7, 11) is 0. The van der Waals surface area contributed by atoms with Crippen LogP contribution in [0.1, 0.15) is 147 Å². The number of hydrogen-bond donors (Lipinski definition) is 1. The number of rotatable bonds is 17. The Labute approximate surface area is 241 Å². The van der Waals surface area contributed by atoms with E-state index in [0.717, 1.165) is 72.3 Å². The van der Waals surface area contributed by atoms with E-state index < -0.39 is 6.04 Å². The molecule has 0 radical (unpaired) electrons. The second kappa shape index (κ2) is 16.0. The minimum Gasteiger partial charge on any atom is -0.487 e. The minimum atomic E-state index is -0.569. The highest BCUT2D eigenvalue weighted by Gasteiger charge is 2.35. The van der Waals surface area contributed by atoms with Gasteiger partial charge in [-0.1, -0.05) is 92.4 Å². The number of benzene rings is 1. The van der Waals surface area contributed by atoms with Gasteiger partial charge in [0.05, 0.1) is 0 Å². The van der Waals surface area contributed by atoms with Crippen LogP contribution < -0.4 is 15.2 Å². The Balaban J connectivity index is 1.89. The number of nitrogens with two attached hydrogens (primary N) is 1. The van der Waals surface area contributed by atoms with E-state index in [0.29, 0.717) is 12.2 Å². The molecule has 0 spiro atoms. The predicted octanol–water partition coefficient (Wildman–Crippen LogP) is 9.56. The van der Waals surface area contributed by atoms with E-state index in [4.69, 9.17) is 15.2 Å². The smallest absolute Gasteiger partial charge is 0.328 e. The van der Waals surface area contributed by atoms with Gasteiger partial charge < -0.3 is 15.2 Å².